The summed E-state index contributed by atoms with van der Waals surface area (Å²) in [5, 5.41) is 17.5. The van der Waals surface area contributed by atoms with Crippen molar-refractivity contribution in [2.24, 2.45) is 0 Å². The Morgan fingerprint density at radius 2 is 2.00 bits per heavy atom. The van der Waals surface area contributed by atoms with Crippen molar-refractivity contribution in [2.45, 2.75) is 18.8 Å². The van der Waals surface area contributed by atoms with Crippen molar-refractivity contribution in [3.05, 3.63) is 0 Å². The molecule has 1 atom stereocenters. The number of aliphatic hydroxyl groups is 2. The molecule has 0 aromatic rings. The van der Waals surface area contributed by atoms with Crippen molar-refractivity contribution in [1.29, 1.82) is 0 Å². The third kappa shape index (κ3) is 1.91. The number of hydrogen-bond acceptors (Lipinski definition) is 4. The maximum Gasteiger partial charge on any atom is 0.185 e. The third-order valence-corrected chi connectivity index (χ3v) is 1.35. The van der Waals surface area contributed by atoms with Gasteiger partial charge in [-0.15, -0.1) is 0 Å². The molecule has 2 N–H and O–H groups in total. The molecule has 1 aliphatic heterocycles. The fourth-order valence-electron chi connectivity index (χ4n) is 0.814. The lowest BCUT2D eigenvalue weighted by atomic mass is 10.3. The van der Waals surface area contributed by atoms with Gasteiger partial charge in [0, 0.05) is 0 Å². The third-order valence-electron chi connectivity index (χ3n) is 1.35. The van der Waals surface area contributed by atoms with Crippen LogP contribution in [0, 0.1) is 0 Å². The molecule has 60 valence electrons. The summed E-state index contributed by atoms with van der Waals surface area (Å²) in [6.07, 6.45) is -0.673. The smallest absolute Gasteiger partial charge is 0.185 e. The predicted molar refractivity (Wildman–Crippen MR) is 33.4 cm³/mol. The van der Waals surface area contributed by atoms with Crippen molar-refractivity contribution >= 4 is 0 Å². The van der Waals surface area contributed by atoms with Crippen LogP contribution < -0.4 is 0 Å². The van der Waals surface area contributed by atoms with Crippen LogP contribution in [0.4, 0.5) is 0 Å². The Balaban J connectivity index is 2.24. The van der Waals surface area contributed by atoms with E-state index in [2.05, 4.69) is 0 Å². The van der Waals surface area contributed by atoms with E-state index in [1.54, 1.807) is 0 Å². The fraction of sp³-hybridized carbons (Fsp3) is 1.00. The van der Waals surface area contributed by atoms with E-state index in [1.165, 1.54) is 0 Å². The summed E-state index contributed by atoms with van der Waals surface area (Å²) in [4.78, 5) is 0. The van der Waals surface area contributed by atoms with Gasteiger partial charge in [0.2, 0.25) is 0 Å². The second-order valence-corrected chi connectivity index (χ2v) is 2.21. The molecule has 0 aromatic heterocycles. The molecule has 0 aliphatic carbocycles. The van der Waals surface area contributed by atoms with Gasteiger partial charge in [0.15, 0.2) is 6.29 Å². The first-order valence-electron chi connectivity index (χ1n) is 3.36. The van der Waals surface area contributed by atoms with Crippen LogP contribution in [0.1, 0.15) is 6.42 Å². The fourth-order valence-corrected chi connectivity index (χ4v) is 0.814. The Kier molecular flexibility index (Phi) is 3.08. The lowest BCUT2D eigenvalue weighted by molar-refractivity contribution is -0.228. The molecule has 0 radical (unpaired) electrons. The van der Waals surface area contributed by atoms with E-state index in [-0.39, 0.29) is 6.61 Å². The van der Waals surface area contributed by atoms with Gasteiger partial charge < -0.3 is 19.7 Å². The summed E-state index contributed by atoms with van der Waals surface area (Å²) in [5.74, 6) is 0. The van der Waals surface area contributed by atoms with Crippen molar-refractivity contribution in [2.75, 3.05) is 19.8 Å². The Labute approximate surface area is 59.4 Å². The molecular formula is C6H12O4. The minimum atomic E-state index is -0.903. The topological polar surface area (TPSA) is 58.9 Å². The van der Waals surface area contributed by atoms with Crippen LogP contribution in [0.3, 0.4) is 0 Å². The first-order chi connectivity index (χ1) is 4.84. The zero-order valence-electron chi connectivity index (χ0n) is 5.69. The summed E-state index contributed by atoms with van der Waals surface area (Å²) in [7, 11) is 0. The van der Waals surface area contributed by atoms with Crippen molar-refractivity contribution in [3.8, 4) is 0 Å². The van der Waals surface area contributed by atoms with E-state index in [1.807, 2.05) is 0 Å². The highest BCUT2D eigenvalue weighted by Crippen LogP contribution is 2.07. The summed E-state index contributed by atoms with van der Waals surface area (Å²) < 4.78 is 10.00. The lowest BCUT2D eigenvalue weighted by Gasteiger charge is -2.25. The van der Waals surface area contributed by atoms with Crippen molar-refractivity contribution in [1.82, 2.24) is 0 Å². The molecule has 1 aliphatic rings. The lowest BCUT2D eigenvalue weighted by Crippen LogP contribution is -2.38. The summed E-state index contributed by atoms with van der Waals surface area (Å²) in [6, 6.07) is 0. The Bertz CT molecular complexity index is 89.7. The summed E-state index contributed by atoms with van der Waals surface area (Å²) >= 11 is 0. The zero-order valence-corrected chi connectivity index (χ0v) is 5.69. The van der Waals surface area contributed by atoms with Crippen LogP contribution >= 0.6 is 0 Å². The molecule has 10 heavy (non-hydrogen) atoms. The van der Waals surface area contributed by atoms with E-state index in [0.29, 0.717) is 13.2 Å². The molecule has 1 rings (SSSR count). The van der Waals surface area contributed by atoms with Gasteiger partial charge in [0.05, 0.1) is 19.8 Å². The quantitative estimate of drug-likeness (QED) is 0.533. The van der Waals surface area contributed by atoms with E-state index in [9.17, 15) is 0 Å². The molecular weight excluding hydrogens is 136 g/mol. The first kappa shape index (κ1) is 7.94. The summed E-state index contributed by atoms with van der Waals surface area (Å²) in [5.41, 5.74) is 0. The summed E-state index contributed by atoms with van der Waals surface area (Å²) in [6.45, 7) is 0.883. The average molecular weight is 148 g/mol. The number of aliphatic hydroxyl groups excluding tert-OH is 2. The van der Waals surface area contributed by atoms with Crippen LogP contribution in [0.15, 0.2) is 0 Å². The van der Waals surface area contributed by atoms with E-state index in [0.717, 1.165) is 6.42 Å². The molecule has 0 unspecified atom stereocenters. The normalized spacial score (nSPS) is 24.6. The van der Waals surface area contributed by atoms with Crippen molar-refractivity contribution in [3.63, 3.8) is 0 Å². The van der Waals surface area contributed by atoms with Gasteiger partial charge in [0.1, 0.15) is 6.10 Å². The molecule has 1 saturated heterocycles. The molecule has 1 heterocycles. The highest BCUT2D eigenvalue weighted by atomic mass is 16.7. The second kappa shape index (κ2) is 3.88. The SMILES string of the molecule is OC[C@H](O)C1OCCCO1. The largest absolute Gasteiger partial charge is 0.393 e. The predicted octanol–water partition coefficient (Wildman–Crippen LogP) is -0.897. The maximum absolute atomic E-state index is 8.98. The maximum atomic E-state index is 8.98. The molecule has 4 nitrogen and oxygen atoms in total. The van der Waals surface area contributed by atoms with Gasteiger partial charge in [-0.3, -0.25) is 0 Å². The van der Waals surface area contributed by atoms with Gasteiger partial charge in [-0.25, -0.2) is 0 Å². The number of ether oxygens (including phenoxy) is 2. The zero-order chi connectivity index (χ0) is 7.40. The first-order valence-corrected chi connectivity index (χ1v) is 3.36. The molecule has 4 heteroatoms. The highest BCUT2D eigenvalue weighted by molar-refractivity contribution is 4.60. The van der Waals surface area contributed by atoms with Gasteiger partial charge in [0.25, 0.3) is 0 Å². The number of hydrogen-bond donors (Lipinski definition) is 2. The van der Waals surface area contributed by atoms with Crippen LogP contribution in [0.2, 0.25) is 0 Å². The molecule has 0 amide bonds. The second-order valence-electron chi connectivity index (χ2n) is 2.21. The standard InChI is InChI=1S/C6H12O4/c7-4-5(8)6-9-2-1-3-10-6/h5-8H,1-4H2/t5-/m0/s1. The molecule has 0 aromatic carbocycles. The van der Waals surface area contributed by atoms with Crippen LogP contribution in [-0.2, 0) is 9.47 Å². The average Bonchev–Trinajstić information content (AvgIpc) is 2.05. The van der Waals surface area contributed by atoms with Gasteiger partial charge in [-0.1, -0.05) is 0 Å². The Morgan fingerprint density at radius 1 is 1.40 bits per heavy atom. The molecule has 0 bridgehead atoms. The van der Waals surface area contributed by atoms with Crippen LogP contribution in [0.25, 0.3) is 0 Å². The molecule has 0 saturated carbocycles. The van der Waals surface area contributed by atoms with Crippen molar-refractivity contribution < 1.29 is 19.7 Å². The van der Waals surface area contributed by atoms with Gasteiger partial charge >= 0.3 is 0 Å². The van der Waals surface area contributed by atoms with E-state index < -0.39 is 12.4 Å². The molecule has 0 spiro atoms. The van der Waals surface area contributed by atoms with Gasteiger partial charge in [-0.05, 0) is 6.42 Å². The number of rotatable bonds is 2. The Morgan fingerprint density at radius 3 is 2.50 bits per heavy atom. The minimum Gasteiger partial charge on any atom is -0.393 e. The monoisotopic (exact) mass is 148 g/mol. The minimum absolute atomic E-state index is 0.315. The van der Waals surface area contributed by atoms with Gasteiger partial charge in [-0.2, -0.15) is 0 Å². The Hall–Kier alpha value is -0.160. The van der Waals surface area contributed by atoms with Crippen LogP contribution in [0.5, 0.6) is 0 Å². The van der Waals surface area contributed by atoms with E-state index >= 15 is 0 Å². The highest BCUT2D eigenvalue weighted by Gasteiger charge is 2.21. The van der Waals surface area contributed by atoms with Crippen LogP contribution in [-0.4, -0.2) is 42.4 Å². The molecule has 1 fully saturated rings. The van der Waals surface area contributed by atoms with E-state index in [4.69, 9.17) is 19.7 Å².